The van der Waals surface area contributed by atoms with Crippen LogP contribution in [0, 0.1) is 5.92 Å². The van der Waals surface area contributed by atoms with E-state index < -0.39 is 11.9 Å². The summed E-state index contributed by atoms with van der Waals surface area (Å²) >= 11 is 0. The molecule has 1 N–H and O–H groups in total. The van der Waals surface area contributed by atoms with Crippen molar-refractivity contribution in [2.75, 3.05) is 27.2 Å². The molecule has 1 fully saturated rings. The van der Waals surface area contributed by atoms with Crippen molar-refractivity contribution in [1.29, 1.82) is 0 Å². The van der Waals surface area contributed by atoms with Crippen LogP contribution >= 0.6 is 0 Å². The fraction of sp³-hybridized carbons (Fsp3) is 0.857. The summed E-state index contributed by atoms with van der Waals surface area (Å²) in [4.78, 5) is 26.6. The summed E-state index contributed by atoms with van der Waals surface area (Å²) < 4.78 is 0. The molecule has 1 rings (SSSR count). The lowest BCUT2D eigenvalue weighted by Gasteiger charge is -2.32. The molecule has 0 aromatic rings. The zero-order valence-electron chi connectivity index (χ0n) is 12.3. The van der Waals surface area contributed by atoms with E-state index in [1.54, 1.807) is 18.9 Å². The number of aliphatic carboxylic acids is 1. The van der Waals surface area contributed by atoms with Crippen molar-refractivity contribution >= 4 is 11.9 Å². The molecule has 0 aromatic carbocycles. The molecule has 0 bridgehead atoms. The number of carbonyl (C=O) groups excluding carboxylic acids is 1. The minimum absolute atomic E-state index is 0.0482. The molecule has 2 unspecified atom stereocenters. The number of carboxylic acid groups (broad SMARTS) is 1. The number of nitrogens with zero attached hydrogens (tertiary/aromatic N) is 2. The Balaban J connectivity index is 2.31. The second kappa shape index (κ2) is 7.48. The maximum absolute atomic E-state index is 12.0. The van der Waals surface area contributed by atoms with Crippen molar-refractivity contribution in [2.45, 2.75) is 45.1 Å². The van der Waals surface area contributed by atoms with E-state index in [1.165, 1.54) is 19.3 Å². The van der Waals surface area contributed by atoms with Crippen molar-refractivity contribution in [3.05, 3.63) is 0 Å². The van der Waals surface area contributed by atoms with Gasteiger partial charge in [-0.2, -0.15) is 0 Å². The Morgan fingerprint density at radius 1 is 1.42 bits per heavy atom. The van der Waals surface area contributed by atoms with Gasteiger partial charge in [-0.25, -0.2) is 0 Å². The van der Waals surface area contributed by atoms with Crippen LogP contribution in [0.15, 0.2) is 0 Å². The predicted octanol–water partition coefficient (Wildman–Crippen LogP) is 1.43. The van der Waals surface area contributed by atoms with Gasteiger partial charge in [0.1, 0.15) is 0 Å². The van der Waals surface area contributed by atoms with Crippen LogP contribution in [-0.4, -0.2) is 60.0 Å². The minimum atomic E-state index is -0.855. The summed E-state index contributed by atoms with van der Waals surface area (Å²) in [6.45, 7) is 3.03. The van der Waals surface area contributed by atoms with Crippen molar-refractivity contribution in [2.24, 2.45) is 5.92 Å². The van der Waals surface area contributed by atoms with Gasteiger partial charge in [0, 0.05) is 26.1 Å². The molecular formula is C14H26N2O3. The number of carbonyl (C=O) groups is 2. The molecule has 1 aliphatic heterocycles. The zero-order chi connectivity index (χ0) is 14.4. The van der Waals surface area contributed by atoms with Gasteiger partial charge in [0.15, 0.2) is 0 Å². The van der Waals surface area contributed by atoms with Gasteiger partial charge in [-0.3, -0.25) is 9.59 Å². The van der Waals surface area contributed by atoms with Crippen LogP contribution in [0.5, 0.6) is 0 Å². The highest BCUT2D eigenvalue weighted by Gasteiger charge is 2.22. The first-order valence-electron chi connectivity index (χ1n) is 7.08. The maximum Gasteiger partial charge on any atom is 0.308 e. The summed E-state index contributed by atoms with van der Waals surface area (Å²) in [5, 5.41) is 8.84. The summed E-state index contributed by atoms with van der Waals surface area (Å²) in [5.41, 5.74) is 0. The third-order valence-corrected chi connectivity index (χ3v) is 4.01. The van der Waals surface area contributed by atoms with Gasteiger partial charge in [-0.1, -0.05) is 13.3 Å². The molecule has 1 heterocycles. The van der Waals surface area contributed by atoms with E-state index in [1.807, 2.05) is 0 Å². The third-order valence-electron chi connectivity index (χ3n) is 4.01. The topological polar surface area (TPSA) is 60.9 Å². The Hall–Kier alpha value is -1.10. The summed E-state index contributed by atoms with van der Waals surface area (Å²) in [7, 11) is 3.80. The Kier molecular flexibility index (Phi) is 6.28. The number of amides is 1. The zero-order valence-corrected chi connectivity index (χ0v) is 12.3. The highest BCUT2D eigenvalue weighted by Crippen LogP contribution is 2.19. The molecule has 110 valence electrons. The van der Waals surface area contributed by atoms with Crippen molar-refractivity contribution < 1.29 is 14.7 Å². The lowest BCUT2D eigenvalue weighted by Crippen LogP contribution is -2.38. The minimum Gasteiger partial charge on any atom is -0.481 e. The van der Waals surface area contributed by atoms with E-state index in [2.05, 4.69) is 11.9 Å². The smallest absolute Gasteiger partial charge is 0.308 e. The van der Waals surface area contributed by atoms with E-state index in [0.717, 1.165) is 13.0 Å². The lowest BCUT2D eigenvalue weighted by atomic mass is 9.98. The van der Waals surface area contributed by atoms with Crippen LogP contribution in [0.1, 0.15) is 39.0 Å². The predicted molar refractivity (Wildman–Crippen MR) is 73.9 cm³/mol. The number of likely N-dealkylation sites (tertiary alicyclic amines) is 1. The van der Waals surface area contributed by atoms with Gasteiger partial charge in [-0.05, 0) is 32.9 Å². The number of rotatable bonds is 6. The summed E-state index contributed by atoms with van der Waals surface area (Å²) in [6.07, 6.45) is 5.05. The Bertz CT molecular complexity index is 320. The SMILES string of the molecule is CC(CN(C)C(=O)CCC1CCCCN1C)C(=O)O. The molecule has 5 heteroatoms. The Labute approximate surface area is 115 Å². The lowest BCUT2D eigenvalue weighted by molar-refractivity contribution is -0.142. The molecule has 0 aromatic heterocycles. The van der Waals surface area contributed by atoms with Crippen LogP contribution in [-0.2, 0) is 9.59 Å². The average molecular weight is 270 g/mol. The van der Waals surface area contributed by atoms with Crippen LogP contribution < -0.4 is 0 Å². The van der Waals surface area contributed by atoms with Crippen LogP contribution in [0.3, 0.4) is 0 Å². The summed E-state index contributed by atoms with van der Waals surface area (Å²) in [5.74, 6) is -1.31. The van der Waals surface area contributed by atoms with Crippen LogP contribution in [0.4, 0.5) is 0 Å². The van der Waals surface area contributed by atoms with E-state index in [-0.39, 0.29) is 12.5 Å². The first-order chi connectivity index (χ1) is 8.91. The monoisotopic (exact) mass is 270 g/mol. The van der Waals surface area contributed by atoms with Gasteiger partial charge in [0.05, 0.1) is 5.92 Å². The van der Waals surface area contributed by atoms with E-state index in [9.17, 15) is 9.59 Å². The molecule has 0 spiro atoms. The van der Waals surface area contributed by atoms with Gasteiger partial charge in [0.25, 0.3) is 0 Å². The van der Waals surface area contributed by atoms with E-state index in [0.29, 0.717) is 12.5 Å². The van der Waals surface area contributed by atoms with E-state index >= 15 is 0 Å². The van der Waals surface area contributed by atoms with Crippen molar-refractivity contribution in [3.8, 4) is 0 Å². The number of carboxylic acids is 1. The normalized spacial score (nSPS) is 21.9. The third kappa shape index (κ3) is 5.19. The van der Waals surface area contributed by atoms with Gasteiger partial charge in [-0.15, -0.1) is 0 Å². The second-order valence-corrected chi connectivity index (χ2v) is 5.68. The van der Waals surface area contributed by atoms with E-state index in [4.69, 9.17) is 5.11 Å². The maximum atomic E-state index is 12.0. The first kappa shape index (κ1) is 16.0. The quantitative estimate of drug-likeness (QED) is 0.793. The standard InChI is InChI=1S/C14H26N2O3/c1-11(14(18)19)10-16(3)13(17)8-7-12-6-4-5-9-15(12)2/h11-12H,4-10H2,1-3H3,(H,18,19). The molecule has 1 aliphatic rings. The molecule has 2 atom stereocenters. The molecule has 1 amide bonds. The molecule has 5 nitrogen and oxygen atoms in total. The molecule has 0 saturated carbocycles. The fourth-order valence-electron chi connectivity index (χ4n) is 2.58. The average Bonchev–Trinajstić information content (AvgIpc) is 2.37. The molecule has 1 saturated heterocycles. The van der Waals surface area contributed by atoms with Crippen molar-refractivity contribution in [1.82, 2.24) is 9.80 Å². The largest absolute Gasteiger partial charge is 0.481 e. The number of piperidine rings is 1. The molecule has 0 aliphatic carbocycles. The molecule has 19 heavy (non-hydrogen) atoms. The summed E-state index contributed by atoms with van der Waals surface area (Å²) in [6, 6.07) is 0.503. The van der Waals surface area contributed by atoms with Crippen LogP contribution in [0.25, 0.3) is 0 Å². The van der Waals surface area contributed by atoms with Crippen LogP contribution in [0.2, 0.25) is 0 Å². The van der Waals surface area contributed by atoms with Gasteiger partial charge < -0.3 is 14.9 Å². The highest BCUT2D eigenvalue weighted by molar-refractivity contribution is 5.77. The molecule has 0 radical (unpaired) electrons. The van der Waals surface area contributed by atoms with Gasteiger partial charge in [0.2, 0.25) is 5.91 Å². The number of hydrogen-bond donors (Lipinski definition) is 1. The number of hydrogen-bond acceptors (Lipinski definition) is 3. The fourth-order valence-corrected chi connectivity index (χ4v) is 2.58. The Morgan fingerprint density at radius 2 is 2.11 bits per heavy atom. The first-order valence-corrected chi connectivity index (χ1v) is 7.08. The van der Waals surface area contributed by atoms with Crippen molar-refractivity contribution in [3.63, 3.8) is 0 Å². The van der Waals surface area contributed by atoms with Gasteiger partial charge >= 0.3 is 5.97 Å². The highest BCUT2D eigenvalue weighted by atomic mass is 16.4. The molecular weight excluding hydrogens is 244 g/mol. The Morgan fingerprint density at radius 3 is 2.68 bits per heavy atom. The second-order valence-electron chi connectivity index (χ2n) is 5.68.